The molecule has 0 atom stereocenters. The lowest BCUT2D eigenvalue weighted by Crippen LogP contribution is -2.09. The Morgan fingerprint density at radius 2 is 1.91 bits per heavy atom. The molecule has 0 amide bonds. The summed E-state index contributed by atoms with van der Waals surface area (Å²) in [5, 5.41) is 8.61. The van der Waals surface area contributed by atoms with Crippen LogP contribution in [0, 0.1) is 13.8 Å². The zero-order valence-corrected chi connectivity index (χ0v) is 13.1. The maximum atomic E-state index is 12.2. The van der Waals surface area contributed by atoms with E-state index in [0.717, 1.165) is 11.1 Å². The molecule has 23 heavy (non-hydrogen) atoms. The quantitative estimate of drug-likeness (QED) is 0.653. The largest absolute Gasteiger partial charge is 0.482 e. The summed E-state index contributed by atoms with van der Waals surface area (Å²) in [6.45, 7) is 3.59. The first-order valence-corrected chi connectivity index (χ1v) is 7.20. The van der Waals surface area contributed by atoms with Crippen molar-refractivity contribution in [2.45, 2.75) is 13.8 Å². The summed E-state index contributed by atoms with van der Waals surface area (Å²) < 4.78 is 5.08. The van der Waals surface area contributed by atoms with E-state index in [4.69, 9.17) is 9.84 Å². The highest BCUT2D eigenvalue weighted by Gasteiger charge is 2.05. The molecule has 1 N–H and O–H groups in total. The standard InChI is InChI=1S/C19H18O4/c1-13-6-7-15(14(2)10-13)8-9-18(20)16-4-3-5-17(11-16)23-12-19(21)22/h3-11H,12H2,1-2H3,(H,21,22)/b9-8+. The molecular formula is C19H18O4. The summed E-state index contributed by atoms with van der Waals surface area (Å²) in [6.07, 6.45) is 3.29. The Balaban J connectivity index is 2.12. The van der Waals surface area contributed by atoms with Gasteiger partial charge in [-0.05, 0) is 43.2 Å². The van der Waals surface area contributed by atoms with E-state index in [1.165, 1.54) is 17.7 Å². The van der Waals surface area contributed by atoms with E-state index in [0.29, 0.717) is 11.3 Å². The van der Waals surface area contributed by atoms with E-state index >= 15 is 0 Å². The van der Waals surface area contributed by atoms with E-state index in [1.807, 2.05) is 26.0 Å². The van der Waals surface area contributed by atoms with Crippen LogP contribution in [0.3, 0.4) is 0 Å². The Morgan fingerprint density at radius 1 is 1.13 bits per heavy atom. The topological polar surface area (TPSA) is 63.6 Å². The summed E-state index contributed by atoms with van der Waals surface area (Å²) >= 11 is 0. The molecule has 0 aromatic heterocycles. The first kappa shape index (κ1) is 16.5. The highest BCUT2D eigenvalue weighted by molar-refractivity contribution is 6.07. The number of benzene rings is 2. The third kappa shape index (κ3) is 4.81. The lowest BCUT2D eigenvalue weighted by atomic mass is 10.0. The minimum Gasteiger partial charge on any atom is -0.482 e. The Bertz CT molecular complexity index is 760. The van der Waals surface area contributed by atoms with Crippen molar-refractivity contribution in [3.05, 3.63) is 70.8 Å². The number of ether oxygens (including phenoxy) is 1. The van der Waals surface area contributed by atoms with Crippen LogP contribution in [0.1, 0.15) is 27.0 Å². The van der Waals surface area contributed by atoms with Crippen molar-refractivity contribution in [3.8, 4) is 5.75 Å². The number of carboxylic acids is 1. The molecule has 0 aliphatic carbocycles. The van der Waals surface area contributed by atoms with Crippen LogP contribution < -0.4 is 4.74 Å². The lowest BCUT2D eigenvalue weighted by Gasteiger charge is -2.04. The van der Waals surface area contributed by atoms with Crippen molar-refractivity contribution in [3.63, 3.8) is 0 Å². The van der Waals surface area contributed by atoms with Crippen LogP contribution in [0.2, 0.25) is 0 Å². The van der Waals surface area contributed by atoms with Gasteiger partial charge in [-0.3, -0.25) is 4.79 Å². The number of carbonyl (C=O) groups is 2. The van der Waals surface area contributed by atoms with Gasteiger partial charge in [0.1, 0.15) is 5.75 Å². The Labute approximate surface area is 135 Å². The van der Waals surface area contributed by atoms with Crippen molar-refractivity contribution in [2.24, 2.45) is 0 Å². The molecule has 2 aromatic rings. The summed E-state index contributed by atoms with van der Waals surface area (Å²) in [4.78, 5) is 22.7. The van der Waals surface area contributed by atoms with E-state index < -0.39 is 12.6 Å². The van der Waals surface area contributed by atoms with Crippen LogP contribution in [0.5, 0.6) is 5.75 Å². The molecule has 0 fully saturated rings. The molecule has 118 valence electrons. The van der Waals surface area contributed by atoms with Gasteiger partial charge in [0, 0.05) is 5.56 Å². The molecule has 0 aliphatic heterocycles. The normalized spacial score (nSPS) is 10.7. The second-order valence-electron chi connectivity index (χ2n) is 5.27. The third-order valence-electron chi connectivity index (χ3n) is 3.32. The Hall–Kier alpha value is -2.88. The predicted octanol–water partition coefficient (Wildman–Crippen LogP) is 3.66. The highest BCUT2D eigenvalue weighted by atomic mass is 16.5. The average Bonchev–Trinajstić information content (AvgIpc) is 2.52. The van der Waals surface area contributed by atoms with Gasteiger partial charge in [-0.2, -0.15) is 0 Å². The maximum absolute atomic E-state index is 12.2. The Morgan fingerprint density at radius 3 is 2.61 bits per heavy atom. The van der Waals surface area contributed by atoms with Gasteiger partial charge in [-0.15, -0.1) is 0 Å². The predicted molar refractivity (Wildman–Crippen MR) is 88.9 cm³/mol. The van der Waals surface area contributed by atoms with Crippen molar-refractivity contribution in [1.29, 1.82) is 0 Å². The number of carbonyl (C=O) groups excluding carboxylic acids is 1. The number of aliphatic carboxylic acids is 1. The molecule has 0 aliphatic rings. The molecule has 0 unspecified atom stereocenters. The van der Waals surface area contributed by atoms with Crippen molar-refractivity contribution in [2.75, 3.05) is 6.61 Å². The van der Waals surface area contributed by atoms with Gasteiger partial charge < -0.3 is 9.84 Å². The summed E-state index contributed by atoms with van der Waals surface area (Å²) in [7, 11) is 0. The van der Waals surface area contributed by atoms with Crippen LogP contribution in [0.4, 0.5) is 0 Å². The van der Waals surface area contributed by atoms with Crippen LogP contribution in [0.15, 0.2) is 48.5 Å². The fourth-order valence-corrected chi connectivity index (χ4v) is 2.16. The van der Waals surface area contributed by atoms with Crippen molar-refractivity contribution < 1.29 is 19.4 Å². The molecule has 0 heterocycles. The monoisotopic (exact) mass is 310 g/mol. The van der Waals surface area contributed by atoms with Gasteiger partial charge >= 0.3 is 5.97 Å². The molecule has 4 nitrogen and oxygen atoms in total. The van der Waals surface area contributed by atoms with E-state index in [2.05, 4.69) is 6.07 Å². The van der Waals surface area contributed by atoms with Gasteiger partial charge in [-0.25, -0.2) is 4.79 Å². The number of ketones is 1. The Kier molecular flexibility index (Phi) is 5.31. The van der Waals surface area contributed by atoms with Crippen LogP contribution in [-0.2, 0) is 4.79 Å². The molecule has 0 bridgehead atoms. The summed E-state index contributed by atoms with van der Waals surface area (Å²) in [5.41, 5.74) is 3.72. The van der Waals surface area contributed by atoms with Gasteiger partial charge in [0.2, 0.25) is 0 Å². The molecule has 2 rings (SSSR count). The first-order chi connectivity index (χ1) is 11.0. The third-order valence-corrected chi connectivity index (χ3v) is 3.32. The second-order valence-corrected chi connectivity index (χ2v) is 5.27. The molecule has 0 saturated heterocycles. The number of hydrogen-bond acceptors (Lipinski definition) is 3. The van der Waals surface area contributed by atoms with Gasteiger partial charge in [-0.1, -0.05) is 42.0 Å². The van der Waals surface area contributed by atoms with Crippen LogP contribution in [-0.4, -0.2) is 23.5 Å². The number of aryl methyl sites for hydroxylation is 2. The minimum absolute atomic E-state index is 0.161. The highest BCUT2D eigenvalue weighted by Crippen LogP contribution is 2.16. The second kappa shape index (κ2) is 7.40. The van der Waals surface area contributed by atoms with Crippen LogP contribution in [0.25, 0.3) is 6.08 Å². The average molecular weight is 310 g/mol. The van der Waals surface area contributed by atoms with Gasteiger partial charge in [0.15, 0.2) is 12.4 Å². The smallest absolute Gasteiger partial charge is 0.341 e. The minimum atomic E-state index is -1.06. The van der Waals surface area contributed by atoms with E-state index in [9.17, 15) is 9.59 Å². The number of rotatable bonds is 6. The molecule has 4 heteroatoms. The fourth-order valence-electron chi connectivity index (χ4n) is 2.16. The van der Waals surface area contributed by atoms with Crippen LogP contribution >= 0.6 is 0 Å². The van der Waals surface area contributed by atoms with E-state index in [1.54, 1.807) is 24.3 Å². The van der Waals surface area contributed by atoms with E-state index in [-0.39, 0.29) is 5.78 Å². The molecular weight excluding hydrogens is 292 g/mol. The van der Waals surface area contributed by atoms with Crippen molar-refractivity contribution in [1.82, 2.24) is 0 Å². The summed E-state index contributed by atoms with van der Waals surface area (Å²) in [5.74, 6) is -0.861. The zero-order valence-electron chi connectivity index (χ0n) is 13.1. The van der Waals surface area contributed by atoms with Gasteiger partial charge in [0.25, 0.3) is 0 Å². The molecule has 0 radical (unpaired) electrons. The first-order valence-electron chi connectivity index (χ1n) is 7.20. The molecule has 0 spiro atoms. The molecule has 0 saturated carbocycles. The number of carboxylic acid groups (broad SMARTS) is 1. The molecule has 2 aromatic carbocycles. The number of allylic oxidation sites excluding steroid dienone is 1. The number of hydrogen-bond donors (Lipinski definition) is 1. The SMILES string of the molecule is Cc1ccc(/C=C/C(=O)c2cccc(OCC(=O)O)c2)c(C)c1. The maximum Gasteiger partial charge on any atom is 0.341 e. The fraction of sp³-hybridized carbons (Fsp3) is 0.158. The van der Waals surface area contributed by atoms with Crippen molar-refractivity contribution >= 4 is 17.8 Å². The summed E-state index contributed by atoms with van der Waals surface area (Å²) in [6, 6.07) is 12.5. The lowest BCUT2D eigenvalue weighted by molar-refractivity contribution is -0.139. The zero-order chi connectivity index (χ0) is 16.8. The van der Waals surface area contributed by atoms with Gasteiger partial charge in [0.05, 0.1) is 0 Å².